The van der Waals surface area contributed by atoms with E-state index in [9.17, 15) is 18.0 Å². The van der Waals surface area contributed by atoms with Crippen molar-refractivity contribution in [2.24, 2.45) is 0 Å². The van der Waals surface area contributed by atoms with E-state index in [1.54, 1.807) is 13.8 Å². The van der Waals surface area contributed by atoms with E-state index < -0.39 is 17.8 Å². The Hall–Kier alpha value is -1.86. The molecule has 0 aliphatic rings. The van der Waals surface area contributed by atoms with Crippen molar-refractivity contribution < 1.29 is 22.7 Å². The Balaban J connectivity index is 2.95. The molecule has 0 unspecified atom stereocenters. The van der Waals surface area contributed by atoms with Crippen LogP contribution in [0.1, 0.15) is 19.5 Å². The van der Waals surface area contributed by atoms with Crippen molar-refractivity contribution in [1.82, 2.24) is 10.2 Å². The number of aromatic nitrogens is 2. The highest BCUT2D eigenvalue weighted by molar-refractivity contribution is 5.75. The summed E-state index contributed by atoms with van der Waals surface area (Å²) in [6.45, 7) is 3.46. The SMILES string of the molecule is COC(=O)CN(c1ccc(C(F)(F)F)nn1)C(C)C. The minimum atomic E-state index is -4.53. The quantitative estimate of drug-likeness (QED) is 0.786. The molecule has 0 saturated carbocycles. The van der Waals surface area contributed by atoms with Crippen molar-refractivity contribution in [1.29, 1.82) is 0 Å². The van der Waals surface area contributed by atoms with Gasteiger partial charge in [0, 0.05) is 6.04 Å². The molecular formula is C11H14F3N3O2. The smallest absolute Gasteiger partial charge is 0.435 e. The summed E-state index contributed by atoms with van der Waals surface area (Å²) in [7, 11) is 1.24. The maximum Gasteiger partial charge on any atom is 0.435 e. The first-order chi connectivity index (χ1) is 8.75. The zero-order valence-electron chi connectivity index (χ0n) is 10.7. The number of halogens is 3. The molecule has 0 saturated heterocycles. The largest absolute Gasteiger partial charge is 0.468 e. The molecular weight excluding hydrogens is 263 g/mol. The van der Waals surface area contributed by atoms with Crippen LogP contribution in [-0.4, -0.2) is 35.9 Å². The third-order valence-corrected chi connectivity index (χ3v) is 2.39. The molecule has 8 heteroatoms. The van der Waals surface area contributed by atoms with Crippen molar-refractivity contribution in [3.05, 3.63) is 17.8 Å². The summed E-state index contributed by atoms with van der Waals surface area (Å²) in [6, 6.07) is 1.87. The van der Waals surface area contributed by atoms with E-state index in [1.165, 1.54) is 18.1 Å². The topological polar surface area (TPSA) is 55.3 Å². The lowest BCUT2D eigenvalue weighted by Crippen LogP contribution is -2.37. The first kappa shape index (κ1) is 15.2. The summed E-state index contributed by atoms with van der Waals surface area (Å²) < 4.78 is 41.6. The maximum atomic E-state index is 12.4. The standard InChI is InChI=1S/C11H14F3N3O2/c1-7(2)17(6-10(18)19-3)9-5-4-8(15-16-9)11(12,13)14/h4-5,7H,6H2,1-3H3. The van der Waals surface area contributed by atoms with Crippen LogP contribution in [0.15, 0.2) is 12.1 Å². The van der Waals surface area contributed by atoms with Gasteiger partial charge in [0.2, 0.25) is 0 Å². The Bertz CT molecular complexity index is 432. The lowest BCUT2D eigenvalue weighted by atomic mass is 10.3. The fraction of sp³-hybridized carbons (Fsp3) is 0.545. The summed E-state index contributed by atoms with van der Waals surface area (Å²) in [5.41, 5.74) is -1.07. The van der Waals surface area contributed by atoms with E-state index >= 15 is 0 Å². The van der Waals surface area contributed by atoms with Crippen molar-refractivity contribution in [3.8, 4) is 0 Å². The van der Waals surface area contributed by atoms with Gasteiger partial charge in [-0.15, -0.1) is 10.2 Å². The van der Waals surface area contributed by atoms with E-state index in [0.29, 0.717) is 0 Å². The van der Waals surface area contributed by atoms with E-state index in [-0.39, 0.29) is 18.4 Å². The molecule has 5 nitrogen and oxygen atoms in total. The van der Waals surface area contributed by atoms with Crippen LogP contribution in [0.4, 0.5) is 19.0 Å². The fourth-order valence-electron chi connectivity index (χ4n) is 1.36. The molecule has 0 fully saturated rings. The van der Waals surface area contributed by atoms with Gasteiger partial charge in [0.25, 0.3) is 0 Å². The molecule has 1 aromatic rings. The predicted molar refractivity (Wildman–Crippen MR) is 61.5 cm³/mol. The molecule has 1 heterocycles. The summed E-state index contributed by atoms with van der Waals surface area (Å²) in [5.74, 6) is -0.316. The second kappa shape index (κ2) is 5.85. The average Bonchev–Trinajstić information content (AvgIpc) is 2.34. The molecule has 0 radical (unpaired) electrons. The van der Waals surface area contributed by atoms with Gasteiger partial charge in [0.1, 0.15) is 6.54 Å². The number of anilines is 1. The number of hydrogen-bond donors (Lipinski definition) is 0. The first-order valence-corrected chi connectivity index (χ1v) is 5.50. The Morgan fingerprint density at radius 3 is 2.37 bits per heavy atom. The van der Waals surface area contributed by atoms with Crippen LogP contribution in [0.3, 0.4) is 0 Å². The van der Waals surface area contributed by atoms with Crippen LogP contribution in [-0.2, 0) is 15.7 Å². The highest BCUT2D eigenvalue weighted by Gasteiger charge is 2.33. The molecule has 0 atom stereocenters. The van der Waals surface area contributed by atoms with Crippen molar-refractivity contribution in [2.45, 2.75) is 26.1 Å². The monoisotopic (exact) mass is 277 g/mol. The van der Waals surface area contributed by atoms with Gasteiger partial charge >= 0.3 is 12.1 Å². The Morgan fingerprint density at radius 2 is 2.00 bits per heavy atom. The Labute approximate surface area is 108 Å². The van der Waals surface area contributed by atoms with Gasteiger partial charge in [-0.05, 0) is 26.0 Å². The number of nitrogens with zero attached hydrogens (tertiary/aromatic N) is 3. The molecule has 19 heavy (non-hydrogen) atoms. The highest BCUT2D eigenvalue weighted by atomic mass is 19.4. The number of carbonyl (C=O) groups is 1. The predicted octanol–water partition coefficient (Wildman–Crippen LogP) is 1.88. The second-order valence-electron chi connectivity index (χ2n) is 4.07. The average molecular weight is 277 g/mol. The number of hydrogen-bond acceptors (Lipinski definition) is 5. The number of alkyl halides is 3. The van der Waals surface area contributed by atoms with Gasteiger partial charge in [-0.25, -0.2) is 0 Å². The van der Waals surface area contributed by atoms with Gasteiger partial charge in [-0.2, -0.15) is 13.2 Å². The molecule has 0 aliphatic carbocycles. The summed E-state index contributed by atoms with van der Waals surface area (Å²) in [5, 5.41) is 6.62. The lowest BCUT2D eigenvalue weighted by Gasteiger charge is -2.26. The van der Waals surface area contributed by atoms with Crippen molar-refractivity contribution in [3.63, 3.8) is 0 Å². The van der Waals surface area contributed by atoms with Crippen LogP contribution < -0.4 is 4.90 Å². The molecule has 0 spiro atoms. The minimum Gasteiger partial charge on any atom is -0.468 e. The number of carbonyl (C=O) groups excluding carboxylic acids is 1. The van der Waals surface area contributed by atoms with Gasteiger partial charge < -0.3 is 9.64 Å². The molecule has 0 aromatic carbocycles. The van der Waals surface area contributed by atoms with Gasteiger partial charge in [-0.1, -0.05) is 0 Å². The van der Waals surface area contributed by atoms with E-state index in [0.717, 1.165) is 6.07 Å². The molecule has 0 amide bonds. The zero-order valence-corrected chi connectivity index (χ0v) is 10.7. The maximum absolute atomic E-state index is 12.4. The molecule has 1 rings (SSSR count). The third kappa shape index (κ3) is 4.08. The van der Waals surface area contributed by atoms with Crippen LogP contribution in [0.5, 0.6) is 0 Å². The van der Waals surface area contributed by atoms with Gasteiger partial charge in [0.05, 0.1) is 7.11 Å². The summed E-state index contributed by atoms with van der Waals surface area (Å²) >= 11 is 0. The van der Waals surface area contributed by atoms with Crippen LogP contribution in [0, 0.1) is 0 Å². The van der Waals surface area contributed by atoms with E-state index in [1.807, 2.05) is 0 Å². The van der Waals surface area contributed by atoms with Crippen LogP contribution in [0.2, 0.25) is 0 Å². The summed E-state index contributed by atoms with van der Waals surface area (Å²) in [6.07, 6.45) is -4.53. The van der Waals surface area contributed by atoms with Crippen LogP contribution in [0.25, 0.3) is 0 Å². The lowest BCUT2D eigenvalue weighted by molar-refractivity contribution is -0.142. The summed E-state index contributed by atoms with van der Waals surface area (Å²) in [4.78, 5) is 12.7. The van der Waals surface area contributed by atoms with E-state index in [4.69, 9.17) is 0 Å². The normalized spacial score (nSPS) is 11.5. The molecule has 1 aromatic heterocycles. The highest BCUT2D eigenvalue weighted by Crippen LogP contribution is 2.27. The van der Waals surface area contributed by atoms with E-state index in [2.05, 4.69) is 14.9 Å². The molecule has 0 bridgehead atoms. The molecule has 0 aliphatic heterocycles. The number of ether oxygens (including phenoxy) is 1. The number of esters is 1. The molecule has 0 N–H and O–H groups in total. The second-order valence-corrected chi connectivity index (χ2v) is 4.07. The zero-order chi connectivity index (χ0) is 14.6. The van der Waals surface area contributed by atoms with Crippen LogP contribution >= 0.6 is 0 Å². The first-order valence-electron chi connectivity index (χ1n) is 5.50. The number of rotatable bonds is 4. The Kier molecular flexibility index (Phi) is 4.68. The van der Waals surface area contributed by atoms with Gasteiger partial charge in [0.15, 0.2) is 11.5 Å². The minimum absolute atomic E-state index is 0.103. The third-order valence-electron chi connectivity index (χ3n) is 2.39. The van der Waals surface area contributed by atoms with Crippen molar-refractivity contribution in [2.75, 3.05) is 18.6 Å². The molecule has 106 valence electrons. The fourth-order valence-corrected chi connectivity index (χ4v) is 1.36. The number of methoxy groups -OCH3 is 1. The van der Waals surface area contributed by atoms with Crippen molar-refractivity contribution >= 4 is 11.8 Å². The van der Waals surface area contributed by atoms with Gasteiger partial charge in [-0.3, -0.25) is 4.79 Å². The Morgan fingerprint density at radius 1 is 1.37 bits per heavy atom.